The second-order valence-electron chi connectivity index (χ2n) is 3.63. The molecule has 0 radical (unpaired) electrons. The van der Waals surface area contributed by atoms with Gasteiger partial charge in [-0.1, -0.05) is 53.0 Å². The van der Waals surface area contributed by atoms with E-state index in [1.54, 1.807) is 18.2 Å². The molecule has 0 aliphatic carbocycles. The molecule has 0 spiro atoms. The van der Waals surface area contributed by atoms with E-state index >= 15 is 0 Å². The summed E-state index contributed by atoms with van der Waals surface area (Å²) in [6.45, 7) is 0. The number of rotatable bonds is 2. The van der Waals surface area contributed by atoms with Crippen LogP contribution in [0.1, 0.15) is 12.0 Å². The summed E-state index contributed by atoms with van der Waals surface area (Å²) >= 11 is 17.8. The van der Waals surface area contributed by atoms with E-state index in [1.165, 1.54) is 18.2 Å². The molecular weight excluding hydrogens is 300 g/mol. The topological polar surface area (TPSA) is 0 Å². The number of alkyl halides is 2. The van der Waals surface area contributed by atoms with Gasteiger partial charge in [-0.25, -0.2) is 8.78 Å². The first-order valence-electron chi connectivity index (χ1n) is 5.02. The molecule has 0 aliphatic rings. The van der Waals surface area contributed by atoms with Crippen molar-refractivity contribution in [2.24, 2.45) is 0 Å². The summed E-state index contributed by atoms with van der Waals surface area (Å²) in [7, 11) is 0. The van der Waals surface area contributed by atoms with E-state index in [4.69, 9.17) is 34.8 Å². The zero-order chi connectivity index (χ0) is 13.3. The fraction of sp³-hybridized carbons (Fsp3) is 0.0769. The Bertz CT molecular complexity index is 582. The van der Waals surface area contributed by atoms with E-state index in [1.807, 2.05) is 0 Å². The minimum absolute atomic E-state index is 0.147. The van der Waals surface area contributed by atoms with E-state index in [0.29, 0.717) is 10.6 Å². The monoisotopic (exact) mass is 306 g/mol. The summed E-state index contributed by atoms with van der Waals surface area (Å²) in [5, 5.41) is 0.962. The average Bonchev–Trinajstić information content (AvgIpc) is 2.29. The van der Waals surface area contributed by atoms with Gasteiger partial charge in [-0.2, -0.15) is 0 Å². The average molecular weight is 308 g/mol. The van der Waals surface area contributed by atoms with Crippen LogP contribution in [0.5, 0.6) is 0 Å². The first kappa shape index (κ1) is 13.6. The third-order valence-corrected chi connectivity index (χ3v) is 3.34. The lowest BCUT2D eigenvalue weighted by molar-refractivity contribution is 0.152. The first-order valence-corrected chi connectivity index (χ1v) is 6.16. The molecule has 0 heterocycles. The van der Waals surface area contributed by atoms with Crippen LogP contribution in [-0.4, -0.2) is 0 Å². The molecule has 0 saturated carbocycles. The Balaban J connectivity index is 2.70. The van der Waals surface area contributed by atoms with Gasteiger partial charge in [0.1, 0.15) is 0 Å². The van der Waals surface area contributed by atoms with Gasteiger partial charge in [0.15, 0.2) is 0 Å². The quantitative estimate of drug-likeness (QED) is 0.615. The van der Waals surface area contributed by atoms with Gasteiger partial charge in [-0.15, -0.1) is 0 Å². The minimum atomic E-state index is -2.62. The van der Waals surface area contributed by atoms with Crippen LogP contribution in [-0.2, 0) is 0 Å². The second-order valence-corrected chi connectivity index (χ2v) is 4.88. The third kappa shape index (κ3) is 2.61. The SMILES string of the molecule is FC(F)c1cccc(Cl)c1-c1ccc(Cl)cc1Cl. The Labute approximate surface area is 118 Å². The molecule has 0 nitrogen and oxygen atoms in total. The van der Waals surface area contributed by atoms with Gasteiger partial charge < -0.3 is 0 Å². The van der Waals surface area contributed by atoms with Crippen LogP contribution < -0.4 is 0 Å². The summed E-state index contributed by atoms with van der Waals surface area (Å²) in [5.41, 5.74) is 0.546. The zero-order valence-corrected chi connectivity index (χ0v) is 11.2. The highest BCUT2D eigenvalue weighted by Gasteiger charge is 2.18. The van der Waals surface area contributed by atoms with Crippen LogP contribution in [0.2, 0.25) is 15.1 Å². The highest BCUT2D eigenvalue weighted by molar-refractivity contribution is 6.38. The van der Waals surface area contributed by atoms with Crippen molar-refractivity contribution >= 4 is 34.8 Å². The van der Waals surface area contributed by atoms with Gasteiger partial charge in [-0.3, -0.25) is 0 Å². The third-order valence-electron chi connectivity index (χ3n) is 2.48. The molecule has 0 aromatic heterocycles. The van der Waals surface area contributed by atoms with Gasteiger partial charge in [0.05, 0.1) is 0 Å². The van der Waals surface area contributed by atoms with Crippen molar-refractivity contribution in [2.75, 3.05) is 0 Å². The molecule has 0 unspecified atom stereocenters. The maximum absolute atomic E-state index is 13.0. The van der Waals surface area contributed by atoms with E-state index in [0.717, 1.165) is 0 Å². The van der Waals surface area contributed by atoms with E-state index in [9.17, 15) is 8.78 Å². The number of benzene rings is 2. The number of halogens is 5. The molecular formula is C13H7Cl3F2. The molecule has 2 rings (SSSR count). The van der Waals surface area contributed by atoms with Crippen molar-refractivity contribution in [1.82, 2.24) is 0 Å². The normalized spacial score (nSPS) is 11.0. The lowest BCUT2D eigenvalue weighted by Crippen LogP contribution is -1.92. The lowest BCUT2D eigenvalue weighted by atomic mass is 10.00. The molecule has 0 amide bonds. The van der Waals surface area contributed by atoms with Gasteiger partial charge in [0.2, 0.25) is 0 Å². The van der Waals surface area contributed by atoms with Crippen molar-refractivity contribution in [1.29, 1.82) is 0 Å². The van der Waals surface area contributed by atoms with Gasteiger partial charge in [-0.05, 0) is 18.2 Å². The van der Waals surface area contributed by atoms with Crippen LogP contribution in [0, 0.1) is 0 Å². The van der Waals surface area contributed by atoms with E-state index in [2.05, 4.69) is 0 Å². The fourth-order valence-corrected chi connectivity index (χ4v) is 2.49. The zero-order valence-electron chi connectivity index (χ0n) is 8.93. The minimum Gasteiger partial charge on any atom is -0.205 e. The summed E-state index contributed by atoms with van der Waals surface area (Å²) in [6.07, 6.45) is -2.62. The Kier molecular flexibility index (Phi) is 4.10. The van der Waals surface area contributed by atoms with Crippen molar-refractivity contribution < 1.29 is 8.78 Å². The van der Waals surface area contributed by atoms with Crippen LogP contribution in [0.15, 0.2) is 36.4 Å². The number of hydrogen-bond acceptors (Lipinski definition) is 0. The highest BCUT2D eigenvalue weighted by atomic mass is 35.5. The second kappa shape index (κ2) is 5.43. The molecule has 2 aromatic carbocycles. The first-order chi connectivity index (χ1) is 8.50. The Hall–Kier alpha value is -0.830. The van der Waals surface area contributed by atoms with E-state index in [-0.39, 0.29) is 21.2 Å². The van der Waals surface area contributed by atoms with Crippen LogP contribution in [0.4, 0.5) is 8.78 Å². The van der Waals surface area contributed by atoms with Crippen molar-refractivity contribution in [3.63, 3.8) is 0 Å². The van der Waals surface area contributed by atoms with Crippen LogP contribution in [0.3, 0.4) is 0 Å². The molecule has 2 aromatic rings. The maximum Gasteiger partial charge on any atom is 0.264 e. The predicted octanol–water partition coefficient (Wildman–Crippen LogP) is 6.25. The fourth-order valence-electron chi connectivity index (χ4n) is 1.70. The highest BCUT2D eigenvalue weighted by Crippen LogP contribution is 2.40. The smallest absolute Gasteiger partial charge is 0.205 e. The van der Waals surface area contributed by atoms with Crippen molar-refractivity contribution in [3.05, 3.63) is 57.0 Å². The Morgan fingerprint density at radius 3 is 2.22 bits per heavy atom. The molecule has 18 heavy (non-hydrogen) atoms. The summed E-state index contributed by atoms with van der Waals surface area (Å²) in [4.78, 5) is 0. The molecule has 0 aliphatic heterocycles. The summed E-state index contributed by atoms with van der Waals surface area (Å²) in [5.74, 6) is 0. The van der Waals surface area contributed by atoms with Gasteiger partial charge >= 0.3 is 0 Å². The van der Waals surface area contributed by atoms with Crippen molar-refractivity contribution in [2.45, 2.75) is 6.43 Å². The Morgan fingerprint density at radius 1 is 0.889 bits per heavy atom. The van der Waals surface area contributed by atoms with Gasteiger partial charge in [0, 0.05) is 31.8 Å². The molecule has 0 fully saturated rings. The predicted molar refractivity (Wildman–Crippen MR) is 71.9 cm³/mol. The largest absolute Gasteiger partial charge is 0.264 e. The molecule has 0 saturated heterocycles. The molecule has 0 bridgehead atoms. The van der Waals surface area contributed by atoms with Gasteiger partial charge in [0.25, 0.3) is 6.43 Å². The standard InChI is InChI=1S/C13H7Cl3F2/c14-7-4-5-8(11(16)6-7)12-9(13(17)18)2-1-3-10(12)15/h1-6,13H. The summed E-state index contributed by atoms with van der Waals surface area (Å²) < 4.78 is 26.0. The number of hydrogen-bond donors (Lipinski definition) is 0. The maximum atomic E-state index is 13.0. The van der Waals surface area contributed by atoms with E-state index < -0.39 is 6.43 Å². The van der Waals surface area contributed by atoms with Crippen molar-refractivity contribution in [3.8, 4) is 11.1 Å². The molecule has 94 valence electrons. The Morgan fingerprint density at radius 2 is 1.61 bits per heavy atom. The molecule has 0 N–H and O–H groups in total. The molecule has 0 atom stereocenters. The lowest BCUT2D eigenvalue weighted by Gasteiger charge is -2.12. The summed E-state index contributed by atoms with van der Waals surface area (Å²) in [6, 6.07) is 9.03. The molecule has 5 heteroatoms. The van der Waals surface area contributed by atoms with Crippen LogP contribution in [0.25, 0.3) is 11.1 Å². The van der Waals surface area contributed by atoms with Crippen LogP contribution >= 0.6 is 34.8 Å².